The summed E-state index contributed by atoms with van der Waals surface area (Å²) in [6.07, 6.45) is 1.06. The first-order valence-corrected chi connectivity index (χ1v) is 4.85. The summed E-state index contributed by atoms with van der Waals surface area (Å²) in [5.41, 5.74) is 3.07. The first kappa shape index (κ1) is 10.3. The third-order valence-electron chi connectivity index (χ3n) is 2.15. The van der Waals surface area contributed by atoms with Gasteiger partial charge in [-0.2, -0.15) is 0 Å². The SMILES string of the molecule is CCCN=C(NN)N1CC(C)(C)C1. The summed E-state index contributed by atoms with van der Waals surface area (Å²) in [5.74, 6) is 6.22. The van der Waals surface area contributed by atoms with Crippen molar-refractivity contribution in [2.75, 3.05) is 19.6 Å². The lowest BCUT2D eigenvalue weighted by atomic mass is 9.85. The van der Waals surface area contributed by atoms with Gasteiger partial charge in [-0.05, 0) is 11.8 Å². The number of nitrogens with two attached hydrogens (primary N) is 1. The lowest BCUT2D eigenvalue weighted by Crippen LogP contribution is -2.60. The van der Waals surface area contributed by atoms with Gasteiger partial charge in [0.2, 0.25) is 5.96 Å². The number of hydrogen-bond donors (Lipinski definition) is 2. The zero-order valence-electron chi connectivity index (χ0n) is 8.80. The van der Waals surface area contributed by atoms with Gasteiger partial charge in [-0.1, -0.05) is 20.8 Å². The van der Waals surface area contributed by atoms with Crippen LogP contribution in [-0.4, -0.2) is 30.5 Å². The number of nitrogens with one attached hydrogen (secondary N) is 1. The standard InChI is InChI=1S/C9H20N4/c1-4-5-11-8(12-10)13-6-9(2,3)7-13/h4-7,10H2,1-3H3,(H,11,12). The quantitative estimate of drug-likeness (QED) is 0.285. The van der Waals surface area contributed by atoms with E-state index >= 15 is 0 Å². The second-order valence-corrected chi connectivity index (χ2v) is 4.37. The van der Waals surface area contributed by atoms with E-state index in [9.17, 15) is 0 Å². The monoisotopic (exact) mass is 184 g/mol. The molecule has 1 aliphatic rings. The number of aliphatic imine (C=N–C) groups is 1. The molecule has 0 atom stereocenters. The van der Waals surface area contributed by atoms with Crippen LogP contribution < -0.4 is 11.3 Å². The summed E-state index contributed by atoms with van der Waals surface area (Å²) >= 11 is 0. The van der Waals surface area contributed by atoms with Crippen LogP contribution in [0, 0.1) is 5.41 Å². The van der Waals surface area contributed by atoms with E-state index in [-0.39, 0.29) is 0 Å². The Balaban J connectivity index is 2.42. The fourth-order valence-corrected chi connectivity index (χ4v) is 1.59. The van der Waals surface area contributed by atoms with Gasteiger partial charge in [0.05, 0.1) is 0 Å². The average Bonchev–Trinajstić information content (AvgIpc) is 2.02. The van der Waals surface area contributed by atoms with Crippen LogP contribution in [0.1, 0.15) is 27.2 Å². The van der Waals surface area contributed by atoms with Crippen molar-refractivity contribution in [1.29, 1.82) is 0 Å². The van der Waals surface area contributed by atoms with Crippen LogP contribution in [0.2, 0.25) is 0 Å². The molecule has 0 spiro atoms. The number of guanidine groups is 1. The van der Waals surface area contributed by atoms with E-state index in [4.69, 9.17) is 5.84 Å². The smallest absolute Gasteiger partial charge is 0.208 e. The average molecular weight is 184 g/mol. The second-order valence-electron chi connectivity index (χ2n) is 4.37. The van der Waals surface area contributed by atoms with Crippen molar-refractivity contribution in [1.82, 2.24) is 10.3 Å². The van der Waals surface area contributed by atoms with Crippen LogP contribution in [-0.2, 0) is 0 Å². The maximum Gasteiger partial charge on any atom is 0.208 e. The molecule has 0 aromatic rings. The molecule has 0 bridgehead atoms. The predicted molar refractivity (Wildman–Crippen MR) is 55.3 cm³/mol. The Morgan fingerprint density at radius 2 is 2.15 bits per heavy atom. The highest BCUT2D eigenvalue weighted by Gasteiger charge is 2.35. The van der Waals surface area contributed by atoms with E-state index < -0.39 is 0 Å². The lowest BCUT2D eigenvalue weighted by molar-refractivity contribution is 0.0945. The summed E-state index contributed by atoms with van der Waals surface area (Å²) in [6, 6.07) is 0. The van der Waals surface area contributed by atoms with Gasteiger partial charge < -0.3 is 4.90 Å². The Kier molecular flexibility index (Phi) is 3.14. The molecule has 76 valence electrons. The van der Waals surface area contributed by atoms with Crippen LogP contribution >= 0.6 is 0 Å². The lowest BCUT2D eigenvalue weighted by Gasteiger charge is -2.47. The Morgan fingerprint density at radius 3 is 2.54 bits per heavy atom. The maximum atomic E-state index is 5.39. The third-order valence-corrected chi connectivity index (χ3v) is 2.15. The molecule has 1 rings (SSSR count). The highest BCUT2D eigenvalue weighted by Crippen LogP contribution is 2.28. The number of nitrogens with zero attached hydrogens (tertiary/aromatic N) is 2. The number of likely N-dealkylation sites (tertiary alicyclic amines) is 1. The van der Waals surface area contributed by atoms with Crippen molar-refractivity contribution in [3.05, 3.63) is 0 Å². The van der Waals surface area contributed by atoms with E-state index in [1.165, 1.54) is 0 Å². The molecule has 1 heterocycles. The molecule has 3 N–H and O–H groups in total. The van der Waals surface area contributed by atoms with Crippen molar-refractivity contribution < 1.29 is 0 Å². The van der Waals surface area contributed by atoms with Crippen LogP contribution in [0.5, 0.6) is 0 Å². The summed E-state index contributed by atoms with van der Waals surface area (Å²) < 4.78 is 0. The molecule has 0 aromatic heterocycles. The summed E-state index contributed by atoms with van der Waals surface area (Å²) in [5, 5.41) is 0. The maximum absolute atomic E-state index is 5.39. The normalized spacial score (nSPS) is 21.2. The van der Waals surface area contributed by atoms with E-state index in [0.717, 1.165) is 32.0 Å². The highest BCUT2D eigenvalue weighted by atomic mass is 15.4. The molecule has 0 radical (unpaired) electrons. The van der Waals surface area contributed by atoms with Crippen molar-refractivity contribution in [2.45, 2.75) is 27.2 Å². The van der Waals surface area contributed by atoms with Crippen LogP contribution in [0.25, 0.3) is 0 Å². The highest BCUT2D eigenvalue weighted by molar-refractivity contribution is 5.80. The zero-order chi connectivity index (χ0) is 9.90. The fourth-order valence-electron chi connectivity index (χ4n) is 1.59. The van der Waals surface area contributed by atoms with Gasteiger partial charge in [0, 0.05) is 19.6 Å². The predicted octanol–water partition coefficient (Wildman–Crippen LogP) is 0.558. The van der Waals surface area contributed by atoms with E-state index in [2.05, 4.69) is 36.1 Å². The van der Waals surface area contributed by atoms with Gasteiger partial charge in [-0.3, -0.25) is 10.4 Å². The molecule has 0 unspecified atom stereocenters. The van der Waals surface area contributed by atoms with Gasteiger partial charge >= 0.3 is 0 Å². The topological polar surface area (TPSA) is 53.6 Å². The number of hydrogen-bond acceptors (Lipinski definition) is 2. The minimum atomic E-state index is 0.420. The first-order chi connectivity index (χ1) is 6.09. The van der Waals surface area contributed by atoms with Crippen molar-refractivity contribution in [3.63, 3.8) is 0 Å². The molecule has 1 saturated heterocycles. The number of rotatable bonds is 2. The first-order valence-electron chi connectivity index (χ1n) is 4.85. The van der Waals surface area contributed by atoms with Gasteiger partial charge in [-0.25, -0.2) is 5.84 Å². The minimum absolute atomic E-state index is 0.420. The minimum Gasteiger partial charge on any atom is -0.341 e. The van der Waals surface area contributed by atoms with Crippen molar-refractivity contribution in [3.8, 4) is 0 Å². The molecule has 0 aromatic carbocycles. The molecule has 0 saturated carbocycles. The summed E-state index contributed by atoms with van der Waals surface area (Å²) in [7, 11) is 0. The van der Waals surface area contributed by atoms with Crippen LogP contribution in [0.15, 0.2) is 4.99 Å². The summed E-state index contributed by atoms with van der Waals surface area (Å²) in [4.78, 5) is 6.53. The molecular weight excluding hydrogens is 164 g/mol. The molecule has 4 nitrogen and oxygen atoms in total. The Hall–Kier alpha value is -0.770. The zero-order valence-corrected chi connectivity index (χ0v) is 8.80. The van der Waals surface area contributed by atoms with Crippen LogP contribution in [0.3, 0.4) is 0 Å². The fraction of sp³-hybridized carbons (Fsp3) is 0.889. The van der Waals surface area contributed by atoms with Crippen molar-refractivity contribution in [2.24, 2.45) is 16.3 Å². The Bertz CT molecular complexity index is 190. The molecule has 0 aliphatic carbocycles. The van der Waals surface area contributed by atoms with Gasteiger partial charge in [-0.15, -0.1) is 0 Å². The molecule has 1 fully saturated rings. The molecule has 4 heteroatoms. The molecule has 0 amide bonds. The molecule has 13 heavy (non-hydrogen) atoms. The van der Waals surface area contributed by atoms with Crippen LogP contribution in [0.4, 0.5) is 0 Å². The number of hydrazine groups is 1. The van der Waals surface area contributed by atoms with E-state index in [1.807, 2.05) is 0 Å². The van der Waals surface area contributed by atoms with Gasteiger partial charge in [0.1, 0.15) is 0 Å². The largest absolute Gasteiger partial charge is 0.341 e. The van der Waals surface area contributed by atoms with Gasteiger partial charge in [0.15, 0.2) is 0 Å². The Labute approximate surface area is 80.2 Å². The van der Waals surface area contributed by atoms with E-state index in [0.29, 0.717) is 5.41 Å². The van der Waals surface area contributed by atoms with E-state index in [1.54, 1.807) is 0 Å². The summed E-state index contributed by atoms with van der Waals surface area (Å²) in [6.45, 7) is 9.53. The van der Waals surface area contributed by atoms with Gasteiger partial charge in [0.25, 0.3) is 0 Å². The second kappa shape index (κ2) is 3.96. The Morgan fingerprint density at radius 1 is 1.54 bits per heavy atom. The molecular formula is C9H20N4. The molecule has 1 aliphatic heterocycles. The third kappa shape index (κ3) is 2.59. The van der Waals surface area contributed by atoms with Crippen molar-refractivity contribution >= 4 is 5.96 Å².